The molecular formula is C17H16F3N3O3. The molecule has 138 valence electrons. The van der Waals surface area contributed by atoms with Crippen LogP contribution in [0.3, 0.4) is 0 Å². The largest absolute Gasteiger partial charge is 0.417 e. The Morgan fingerprint density at radius 1 is 1.04 bits per heavy atom. The Kier molecular flexibility index (Phi) is 6.16. The molecule has 0 fully saturated rings. The molecule has 2 rings (SSSR count). The van der Waals surface area contributed by atoms with Gasteiger partial charge in [0.15, 0.2) is 0 Å². The zero-order valence-corrected chi connectivity index (χ0v) is 13.5. The van der Waals surface area contributed by atoms with Crippen molar-refractivity contribution >= 4 is 11.9 Å². The van der Waals surface area contributed by atoms with E-state index in [9.17, 15) is 27.6 Å². The summed E-state index contributed by atoms with van der Waals surface area (Å²) in [6.07, 6.45) is -4.26. The van der Waals surface area contributed by atoms with Crippen molar-refractivity contribution in [2.75, 3.05) is 0 Å². The zero-order chi connectivity index (χ0) is 19.2. The van der Waals surface area contributed by atoms with E-state index < -0.39 is 29.2 Å². The minimum absolute atomic E-state index is 0.215. The summed E-state index contributed by atoms with van der Waals surface area (Å²) in [5.74, 6) is -0.708. The fraction of sp³-hybridized carbons (Fsp3) is 0.235. The third-order valence-electron chi connectivity index (χ3n) is 3.44. The summed E-state index contributed by atoms with van der Waals surface area (Å²) in [5, 5.41) is 4.54. The van der Waals surface area contributed by atoms with Crippen LogP contribution in [0.1, 0.15) is 17.5 Å². The molecule has 0 spiro atoms. The van der Waals surface area contributed by atoms with E-state index in [0.717, 1.165) is 16.2 Å². The van der Waals surface area contributed by atoms with Gasteiger partial charge in [0.05, 0.1) is 5.56 Å². The lowest BCUT2D eigenvalue weighted by molar-refractivity contribution is -0.138. The van der Waals surface area contributed by atoms with Crippen molar-refractivity contribution in [1.82, 2.24) is 15.2 Å². The summed E-state index contributed by atoms with van der Waals surface area (Å²) in [6, 6.07) is 9.74. The molecule has 0 aliphatic carbocycles. The minimum atomic E-state index is -4.59. The Hall–Kier alpha value is -3.10. The van der Waals surface area contributed by atoms with E-state index in [-0.39, 0.29) is 19.5 Å². The topological polar surface area (TPSA) is 80.2 Å². The van der Waals surface area contributed by atoms with Crippen LogP contribution in [-0.2, 0) is 24.1 Å². The first kappa shape index (κ1) is 19.2. The highest BCUT2D eigenvalue weighted by molar-refractivity contribution is 5.94. The van der Waals surface area contributed by atoms with Crippen molar-refractivity contribution in [2.24, 2.45) is 0 Å². The molecule has 0 bridgehead atoms. The van der Waals surface area contributed by atoms with Crippen LogP contribution in [0.4, 0.5) is 18.0 Å². The van der Waals surface area contributed by atoms with Gasteiger partial charge in [-0.05, 0) is 11.6 Å². The number of nitrogens with zero attached hydrogens (tertiary/aromatic N) is 1. The summed E-state index contributed by atoms with van der Waals surface area (Å²) >= 11 is 0. The molecule has 3 amide bonds. The molecule has 0 aliphatic rings. The number of benzene rings is 1. The van der Waals surface area contributed by atoms with Crippen molar-refractivity contribution in [3.8, 4) is 0 Å². The Morgan fingerprint density at radius 2 is 1.73 bits per heavy atom. The van der Waals surface area contributed by atoms with E-state index in [4.69, 9.17) is 0 Å². The summed E-state index contributed by atoms with van der Waals surface area (Å²) < 4.78 is 38.7. The second kappa shape index (κ2) is 8.32. The monoisotopic (exact) mass is 367 g/mol. The number of imide groups is 1. The average molecular weight is 367 g/mol. The number of hydrogen-bond donors (Lipinski definition) is 2. The molecule has 0 aliphatic heterocycles. The molecular weight excluding hydrogens is 351 g/mol. The van der Waals surface area contributed by atoms with Gasteiger partial charge in [0, 0.05) is 31.8 Å². The van der Waals surface area contributed by atoms with Crippen LogP contribution in [0.15, 0.2) is 53.5 Å². The van der Waals surface area contributed by atoms with Gasteiger partial charge in [-0.25, -0.2) is 4.79 Å². The van der Waals surface area contributed by atoms with Crippen molar-refractivity contribution < 1.29 is 22.8 Å². The SMILES string of the molecule is O=C(CCn1cc(C(F)(F)F)ccc1=O)NC(=O)NCc1ccccc1. The van der Waals surface area contributed by atoms with Gasteiger partial charge >= 0.3 is 12.2 Å². The molecule has 0 unspecified atom stereocenters. The Labute approximate surface area is 146 Å². The van der Waals surface area contributed by atoms with Crippen LogP contribution in [0, 0.1) is 0 Å². The van der Waals surface area contributed by atoms with Gasteiger partial charge in [-0.3, -0.25) is 14.9 Å². The predicted molar refractivity (Wildman–Crippen MR) is 87.1 cm³/mol. The van der Waals surface area contributed by atoms with E-state index in [1.165, 1.54) is 0 Å². The third kappa shape index (κ3) is 5.76. The molecule has 1 aromatic carbocycles. The molecule has 0 saturated carbocycles. The van der Waals surface area contributed by atoms with E-state index in [0.29, 0.717) is 12.3 Å². The molecule has 6 nitrogen and oxygen atoms in total. The van der Waals surface area contributed by atoms with Gasteiger partial charge in [-0.1, -0.05) is 30.3 Å². The van der Waals surface area contributed by atoms with Gasteiger partial charge in [-0.15, -0.1) is 0 Å². The summed E-state index contributed by atoms with van der Waals surface area (Å²) in [5.41, 5.74) is -0.817. The van der Waals surface area contributed by atoms with Crippen molar-refractivity contribution in [1.29, 1.82) is 0 Å². The lowest BCUT2D eigenvalue weighted by Gasteiger charge is -2.11. The number of carbonyl (C=O) groups is 2. The smallest absolute Gasteiger partial charge is 0.334 e. The highest BCUT2D eigenvalue weighted by Gasteiger charge is 2.31. The first-order chi connectivity index (χ1) is 12.3. The quantitative estimate of drug-likeness (QED) is 0.851. The van der Waals surface area contributed by atoms with Gasteiger partial charge < -0.3 is 9.88 Å². The highest BCUT2D eigenvalue weighted by Crippen LogP contribution is 2.27. The first-order valence-corrected chi connectivity index (χ1v) is 7.65. The Balaban J connectivity index is 1.85. The molecule has 9 heteroatoms. The lowest BCUT2D eigenvalue weighted by Crippen LogP contribution is -2.39. The number of aromatic nitrogens is 1. The van der Waals surface area contributed by atoms with Gasteiger partial charge in [0.25, 0.3) is 5.56 Å². The second-order valence-electron chi connectivity index (χ2n) is 5.41. The molecule has 2 N–H and O–H groups in total. The number of urea groups is 1. The summed E-state index contributed by atoms with van der Waals surface area (Å²) in [6.45, 7) is -0.0619. The van der Waals surface area contributed by atoms with E-state index >= 15 is 0 Å². The van der Waals surface area contributed by atoms with E-state index in [2.05, 4.69) is 10.6 Å². The maximum atomic E-state index is 12.6. The van der Waals surface area contributed by atoms with E-state index in [1.807, 2.05) is 6.07 Å². The molecule has 0 atom stereocenters. The number of nitrogens with one attached hydrogen (secondary N) is 2. The maximum Gasteiger partial charge on any atom is 0.417 e. The normalized spacial score (nSPS) is 11.0. The predicted octanol–water partition coefficient (Wildman–Crippen LogP) is 2.28. The fourth-order valence-electron chi connectivity index (χ4n) is 2.11. The third-order valence-corrected chi connectivity index (χ3v) is 3.44. The first-order valence-electron chi connectivity index (χ1n) is 7.65. The number of amides is 3. The van der Waals surface area contributed by atoms with Crippen LogP contribution < -0.4 is 16.2 Å². The number of halogens is 3. The lowest BCUT2D eigenvalue weighted by atomic mass is 10.2. The maximum absolute atomic E-state index is 12.6. The van der Waals surface area contributed by atoms with Crippen LogP contribution in [-0.4, -0.2) is 16.5 Å². The van der Waals surface area contributed by atoms with Gasteiger partial charge in [0.1, 0.15) is 0 Å². The number of alkyl halides is 3. The molecule has 1 heterocycles. The average Bonchev–Trinajstić information content (AvgIpc) is 2.59. The molecule has 1 aromatic heterocycles. The van der Waals surface area contributed by atoms with Crippen molar-refractivity contribution in [3.63, 3.8) is 0 Å². The number of rotatable bonds is 5. The number of carbonyl (C=O) groups excluding carboxylic acids is 2. The Morgan fingerprint density at radius 3 is 2.38 bits per heavy atom. The van der Waals surface area contributed by atoms with Crippen molar-refractivity contribution in [3.05, 3.63) is 70.1 Å². The number of pyridine rings is 1. The highest BCUT2D eigenvalue weighted by atomic mass is 19.4. The second-order valence-corrected chi connectivity index (χ2v) is 5.41. The minimum Gasteiger partial charge on any atom is -0.334 e. The van der Waals surface area contributed by atoms with Crippen LogP contribution in [0.2, 0.25) is 0 Å². The molecule has 2 aromatic rings. The molecule has 0 saturated heterocycles. The number of aryl methyl sites for hydroxylation is 1. The Bertz CT molecular complexity index is 832. The van der Waals surface area contributed by atoms with Crippen LogP contribution in [0.25, 0.3) is 0 Å². The van der Waals surface area contributed by atoms with E-state index in [1.54, 1.807) is 24.3 Å². The summed E-state index contributed by atoms with van der Waals surface area (Å²) in [7, 11) is 0. The standard InChI is InChI=1S/C17H16F3N3O3/c18-17(19,20)13-6-7-15(25)23(11-13)9-8-14(24)22-16(26)21-10-12-4-2-1-3-5-12/h1-7,11H,8-10H2,(H2,21,22,24,26). The molecule has 26 heavy (non-hydrogen) atoms. The van der Waals surface area contributed by atoms with Crippen molar-refractivity contribution in [2.45, 2.75) is 25.7 Å². The van der Waals surface area contributed by atoms with Crippen LogP contribution in [0.5, 0.6) is 0 Å². The zero-order valence-electron chi connectivity index (χ0n) is 13.5. The summed E-state index contributed by atoms with van der Waals surface area (Å²) in [4.78, 5) is 34.9. The van der Waals surface area contributed by atoms with Gasteiger partial charge in [-0.2, -0.15) is 13.2 Å². The number of hydrogen-bond acceptors (Lipinski definition) is 3. The van der Waals surface area contributed by atoms with Crippen LogP contribution >= 0.6 is 0 Å². The van der Waals surface area contributed by atoms with Gasteiger partial charge in [0.2, 0.25) is 5.91 Å². The molecule has 0 radical (unpaired) electrons. The fourth-order valence-corrected chi connectivity index (χ4v) is 2.11.